The third-order valence-electron chi connectivity index (χ3n) is 2.96. The first-order chi connectivity index (χ1) is 9.33. The topological polar surface area (TPSA) is 37.8 Å². The van der Waals surface area contributed by atoms with Crippen LogP contribution in [-0.2, 0) is 6.54 Å². The minimum atomic E-state index is -0.475. The minimum Gasteiger partial charge on any atom is -0.380 e. The molecule has 0 spiro atoms. The van der Waals surface area contributed by atoms with Gasteiger partial charge in [0.05, 0.1) is 11.9 Å². The van der Waals surface area contributed by atoms with E-state index in [2.05, 4.69) is 21.4 Å². The van der Waals surface area contributed by atoms with Crippen molar-refractivity contribution >= 4 is 16.5 Å². The van der Waals surface area contributed by atoms with Crippen LogP contribution in [0, 0.1) is 5.95 Å². The van der Waals surface area contributed by atoms with E-state index >= 15 is 0 Å². The second-order valence-corrected chi connectivity index (χ2v) is 4.24. The molecule has 0 amide bonds. The zero-order valence-electron chi connectivity index (χ0n) is 10.2. The first-order valence-electron chi connectivity index (χ1n) is 6.00. The Hall–Kier alpha value is -2.49. The molecular weight excluding hydrogens is 241 g/mol. The molecule has 3 nitrogen and oxygen atoms in total. The molecule has 3 rings (SSSR count). The van der Waals surface area contributed by atoms with Crippen molar-refractivity contribution < 1.29 is 4.39 Å². The fraction of sp³-hybridized carbons (Fsp3) is 0.0667. The third kappa shape index (κ3) is 2.52. The van der Waals surface area contributed by atoms with Gasteiger partial charge < -0.3 is 5.32 Å². The molecule has 94 valence electrons. The minimum absolute atomic E-state index is 0.475. The van der Waals surface area contributed by atoms with E-state index in [4.69, 9.17) is 0 Å². The van der Waals surface area contributed by atoms with Crippen LogP contribution in [0.4, 0.5) is 10.1 Å². The van der Waals surface area contributed by atoms with E-state index in [0.29, 0.717) is 6.54 Å². The van der Waals surface area contributed by atoms with Crippen molar-refractivity contribution in [1.29, 1.82) is 0 Å². The summed E-state index contributed by atoms with van der Waals surface area (Å²) >= 11 is 0. The smallest absolute Gasteiger partial charge is 0.212 e. The van der Waals surface area contributed by atoms with Gasteiger partial charge >= 0.3 is 0 Å². The molecule has 0 aliphatic carbocycles. The van der Waals surface area contributed by atoms with Crippen molar-refractivity contribution in [3.8, 4) is 0 Å². The monoisotopic (exact) mass is 253 g/mol. The Morgan fingerprint density at radius 1 is 1.00 bits per heavy atom. The summed E-state index contributed by atoms with van der Waals surface area (Å²) < 4.78 is 12.7. The highest BCUT2D eigenvalue weighted by atomic mass is 19.1. The molecule has 0 atom stereocenters. The summed E-state index contributed by atoms with van der Waals surface area (Å²) in [5.74, 6) is -0.475. The number of hydrogen-bond donors (Lipinski definition) is 1. The van der Waals surface area contributed by atoms with Crippen molar-refractivity contribution in [2.45, 2.75) is 6.54 Å². The number of benzene rings is 1. The lowest BCUT2D eigenvalue weighted by molar-refractivity contribution is 0.584. The summed E-state index contributed by atoms with van der Waals surface area (Å²) in [5, 5.41) is 5.49. The molecule has 3 aromatic rings. The van der Waals surface area contributed by atoms with E-state index in [1.165, 1.54) is 17.6 Å². The molecule has 1 aromatic carbocycles. The largest absolute Gasteiger partial charge is 0.380 e. The van der Waals surface area contributed by atoms with Gasteiger partial charge in [-0.05, 0) is 23.1 Å². The van der Waals surface area contributed by atoms with E-state index in [1.54, 1.807) is 6.07 Å². The summed E-state index contributed by atoms with van der Waals surface area (Å²) in [6.07, 6.45) is 5.17. The molecule has 0 saturated carbocycles. The molecule has 2 heterocycles. The van der Waals surface area contributed by atoms with Crippen LogP contribution in [0.5, 0.6) is 0 Å². The standard InChI is InChI=1S/C15H12FN3/c16-15-6-5-13(10-19-15)18-9-12-8-17-7-11-3-1-2-4-14(11)12/h1-8,10,18H,9H2. The highest BCUT2D eigenvalue weighted by Gasteiger charge is 2.01. The number of rotatable bonds is 3. The number of nitrogens with zero attached hydrogens (tertiary/aromatic N) is 2. The summed E-state index contributed by atoms with van der Waals surface area (Å²) in [6.45, 7) is 0.627. The average Bonchev–Trinajstić information content (AvgIpc) is 2.47. The predicted molar refractivity (Wildman–Crippen MR) is 73.3 cm³/mol. The van der Waals surface area contributed by atoms with Crippen LogP contribution in [-0.4, -0.2) is 9.97 Å². The van der Waals surface area contributed by atoms with Crippen LogP contribution >= 0.6 is 0 Å². The van der Waals surface area contributed by atoms with Crippen molar-refractivity contribution in [2.75, 3.05) is 5.32 Å². The summed E-state index contributed by atoms with van der Waals surface area (Å²) in [4.78, 5) is 7.83. The number of halogens is 1. The van der Waals surface area contributed by atoms with Gasteiger partial charge in [0, 0.05) is 24.3 Å². The Balaban J connectivity index is 1.84. The van der Waals surface area contributed by atoms with Gasteiger partial charge in [-0.15, -0.1) is 0 Å². The second-order valence-electron chi connectivity index (χ2n) is 4.24. The van der Waals surface area contributed by atoms with E-state index < -0.39 is 5.95 Å². The van der Waals surface area contributed by atoms with Gasteiger partial charge in [-0.3, -0.25) is 4.98 Å². The lowest BCUT2D eigenvalue weighted by Gasteiger charge is -2.08. The number of pyridine rings is 2. The van der Waals surface area contributed by atoms with Gasteiger partial charge in [0.15, 0.2) is 0 Å². The van der Waals surface area contributed by atoms with Gasteiger partial charge in [-0.25, -0.2) is 4.98 Å². The summed E-state index contributed by atoms with van der Waals surface area (Å²) in [7, 11) is 0. The maximum atomic E-state index is 12.7. The maximum Gasteiger partial charge on any atom is 0.212 e. The van der Waals surface area contributed by atoms with Crippen molar-refractivity contribution in [1.82, 2.24) is 9.97 Å². The van der Waals surface area contributed by atoms with Crippen LogP contribution in [0.1, 0.15) is 5.56 Å². The molecule has 0 saturated heterocycles. The molecule has 2 aromatic heterocycles. The zero-order valence-corrected chi connectivity index (χ0v) is 10.2. The van der Waals surface area contributed by atoms with Gasteiger partial charge in [0.25, 0.3) is 0 Å². The Bertz CT molecular complexity index is 690. The second kappa shape index (κ2) is 5.02. The maximum absolute atomic E-state index is 12.7. The normalized spacial score (nSPS) is 10.6. The highest BCUT2D eigenvalue weighted by Crippen LogP contribution is 2.18. The fourth-order valence-electron chi connectivity index (χ4n) is 2.00. The van der Waals surface area contributed by atoms with Crippen molar-refractivity contribution in [3.63, 3.8) is 0 Å². The molecule has 0 unspecified atom stereocenters. The van der Waals surface area contributed by atoms with Crippen LogP contribution in [0.2, 0.25) is 0 Å². The molecule has 0 bridgehead atoms. The third-order valence-corrected chi connectivity index (χ3v) is 2.96. The van der Waals surface area contributed by atoms with Crippen LogP contribution in [0.3, 0.4) is 0 Å². The fourth-order valence-corrected chi connectivity index (χ4v) is 2.00. The van der Waals surface area contributed by atoms with E-state index in [-0.39, 0.29) is 0 Å². The number of nitrogens with one attached hydrogen (secondary N) is 1. The molecule has 19 heavy (non-hydrogen) atoms. The number of anilines is 1. The molecule has 0 fully saturated rings. The first-order valence-corrected chi connectivity index (χ1v) is 6.00. The number of hydrogen-bond acceptors (Lipinski definition) is 3. The Kier molecular flexibility index (Phi) is 3.06. The zero-order chi connectivity index (χ0) is 13.1. The lowest BCUT2D eigenvalue weighted by Crippen LogP contribution is -2.01. The molecule has 0 aliphatic rings. The van der Waals surface area contributed by atoms with Crippen molar-refractivity contribution in [2.24, 2.45) is 0 Å². The number of aromatic nitrogens is 2. The molecule has 0 aliphatic heterocycles. The van der Waals surface area contributed by atoms with E-state index in [0.717, 1.165) is 16.6 Å². The number of fused-ring (bicyclic) bond motifs is 1. The predicted octanol–water partition coefficient (Wildman–Crippen LogP) is 3.38. The van der Waals surface area contributed by atoms with Crippen molar-refractivity contribution in [3.05, 3.63) is 66.5 Å². The Morgan fingerprint density at radius 3 is 2.74 bits per heavy atom. The summed E-state index contributed by atoms with van der Waals surface area (Å²) in [6, 6.07) is 11.1. The summed E-state index contributed by atoms with van der Waals surface area (Å²) in [5.41, 5.74) is 1.89. The Morgan fingerprint density at radius 2 is 1.89 bits per heavy atom. The van der Waals surface area contributed by atoms with Crippen LogP contribution in [0.15, 0.2) is 55.0 Å². The Labute approximate surface area is 110 Å². The van der Waals surface area contributed by atoms with Gasteiger partial charge in [-0.1, -0.05) is 24.3 Å². The van der Waals surface area contributed by atoms with E-state index in [9.17, 15) is 4.39 Å². The molecular formula is C15H12FN3. The van der Waals surface area contributed by atoms with Gasteiger partial charge in [0.2, 0.25) is 5.95 Å². The average molecular weight is 253 g/mol. The first kappa shape index (κ1) is 11.6. The lowest BCUT2D eigenvalue weighted by atomic mass is 10.1. The molecule has 1 N–H and O–H groups in total. The van der Waals surface area contributed by atoms with E-state index in [1.807, 2.05) is 30.6 Å². The quantitative estimate of drug-likeness (QED) is 0.727. The molecule has 0 radical (unpaired) electrons. The van der Waals surface area contributed by atoms with Gasteiger partial charge in [0.1, 0.15) is 0 Å². The highest BCUT2D eigenvalue weighted by molar-refractivity contribution is 5.84. The SMILES string of the molecule is Fc1ccc(NCc2cncc3ccccc23)cn1. The molecule has 4 heteroatoms. The van der Waals surface area contributed by atoms with Gasteiger partial charge in [-0.2, -0.15) is 4.39 Å². The van der Waals surface area contributed by atoms with Crippen LogP contribution < -0.4 is 5.32 Å². The van der Waals surface area contributed by atoms with Crippen LogP contribution in [0.25, 0.3) is 10.8 Å².